The molecule has 1 unspecified atom stereocenters. The monoisotopic (exact) mass is 269 g/mol. The van der Waals surface area contributed by atoms with E-state index >= 15 is 0 Å². The molecule has 0 aliphatic carbocycles. The zero-order valence-corrected chi connectivity index (χ0v) is 11.5. The van der Waals surface area contributed by atoms with Gasteiger partial charge in [0, 0.05) is 6.04 Å². The second kappa shape index (κ2) is 6.35. The van der Waals surface area contributed by atoms with Crippen molar-refractivity contribution in [1.29, 1.82) is 0 Å². The van der Waals surface area contributed by atoms with Crippen LogP contribution in [0.15, 0.2) is 48.5 Å². The summed E-state index contributed by atoms with van der Waals surface area (Å²) in [4.78, 5) is 10.7. The molecule has 2 aromatic rings. The fourth-order valence-electron chi connectivity index (χ4n) is 2.30. The number of carboxylic acid groups (broad SMARTS) is 1. The van der Waals surface area contributed by atoms with Crippen LogP contribution >= 0.6 is 0 Å². The quantitative estimate of drug-likeness (QED) is 0.876. The third kappa shape index (κ3) is 3.93. The molecule has 0 radical (unpaired) electrons. The third-order valence-electron chi connectivity index (χ3n) is 3.26. The van der Waals surface area contributed by atoms with Crippen LogP contribution in [0.5, 0.6) is 0 Å². The second-order valence-corrected chi connectivity index (χ2v) is 5.12. The van der Waals surface area contributed by atoms with Gasteiger partial charge in [0.1, 0.15) is 0 Å². The first-order valence-electron chi connectivity index (χ1n) is 6.66. The minimum Gasteiger partial charge on any atom is -0.481 e. The summed E-state index contributed by atoms with van der Waals surface area (Å²) in [5.41, 5.74) is 10.4. The largest absolute Gasteiger partial charge is 0.481 e. The molecule has 2 aromatic carbocycles. The van der Waals surface area contributed by atoms with Gasteiger partial charge in [-0.2, -0.15) is 0 Å². The summed E-state index contributed by atoms with van der Waals surface area (Å²) in [6, 6.07) is 15.8. The molecular weight excluding hydrogens is 250 g/mol. The molecule has 3 heteroatoms. The Bertz CT molecular complexity index is 607. The Kier molecular flexibility index (Phi) is 4.53. The molecule has 0 saturated heterocycles. The predicted octanol–water partition coefficient (Wildman–Crippen LogP) is 3.06. The molecule has 0 aromatic heterocycles. The van der Waals surface area contributed by atoms with E-state index in [0.29, 0.717) is 0 Å². The van der Waals surface area contributed by atoms with Gasteiger partial charge in [0.05, 0.1) is 6.42 Å². The highest BCUT2D eigenvalue weighted by atomic mass is 16.4. The van der Waals surface area contributed by atoms with E-state index in [9.17, 15) is 4.79 Å². The zero-order chi connectivity index (χ0) is 14.5. The molecule has 0 saturated carbocycles. The molecule has 3 nitrogen and oxygen atoms in total. The van der Waals surface area contributed by atoms with E-state index < -0.39 is 12.0 Å². The maximum atomic E-state index is 10.7. The van der Waals surface area contributed by atoms with Gasteiger partial charge < -0.3 is 10.8 Å². The summed E-state index contributed by atoms with van der Waals surface area (Å²) in [6.45, 7) is 2.07. The molecule has 2 rings (SSSR count). The summed E-state index contributed by atoms with van der Waals surface area (Å²) in [6.07, 6.45) is 0.781. The molecule has 1 atom stereocenters. The first-order chi connectivity index (χ1) is 9.54. The average molecular weight is 269 g/mol. The molecule has 0 bridgehead atoms. The Labute approximate surface area is 119 Å². The third-order valence-corrected chi connectivity index (χ3v) is 3.26. The van der Waals surface area contributed by atoms with Gasteiger partial charge in [0.15, 0.2) is 0 Å². The van der Waals surface area contributed by atoms with Crippen LogP contribution in [-0.4, -0.2) is 11.1 Å². The van der Waals surface area contributed by atoms with Crippen molar-refractivity contribution in [3.05, 3.63) is 70.8 Å². The maximum absolute atomic E-state index is 10.7. The van der Waals surface area contributed by atoms with Crippen molar-refractivity contribution in [1.82, 2.24) is 0 Å². The number of carbonyl (C=O) groups is 1. The lowest BCUT2D eigenvalue weighted by Gasteiger charge is -2.11. The zero-order valence-electron chi connectivity index (χ0n) is 11.5. The molecule has 0 aliphatic rings. The van der Waals surface area contributed by atoms with Gasteiger partial charge in [0.2, 0.25) is 0 Å². The van der Waals surface area contributed by atoms with E-state index in [-0.39, 0.29) is 6.42 Å². The highest BCUT2D eigenvalue weighted by molar-refractivity contribution is 5.67. The Hall–Kier alpha value is -2.13. The summed E-state index contributed by atoms with van der Waals surface area (Å²) >= 11 is 0. The minimum atomic E-state index is -0.874. The lowest BCUT2D eigenvalue weighted by Crippen LogP contribution is -2.15. The second-order valence-electron chi connectivity index (χ2n) is 5.12. The van der Waals surface area contributed by atoms with Crippen molar-refractivity contribution in [2.45, 2.75) is 25.8 Å². The topological polar surface area (TPSA) is 63.3 Å². The van der Waals surface area contributed by atoms with Crippen molar-refractivity contribution in [2.75, 3.05) is 0 Å². The molecule has 0 aliphatic heterocycles. The smallest absolute Gasteiger partial charge is 0.305 e. The van der Waals surface area contributed by atoms with Crippen molar-refractivity contribution < 1.29 is 9.90 Å². The van der Waals surface area contributed by atoms with Crippen LogP contribution < -0.4 is 5.73 Å². The summed E-state index contributed by atoms with van der Waals surface area (Å²) in [7, 11) is 0. The Morgan fingerprint density at radius 2 is 1.80 bits per heavy atom. The lowest BCUT2D eigenvalue weighted by molar-refractivity contribution is -0.137. The van der Waals surface area contributed by atoms with Crippen molar-refractivity contribution in [3.8, 4) is 0 Å². The van der Waals surface area contributed by atoms with Crippen LogP contribution in [-0.2, 0) is 11.2 Å². The standard InChI is InChI=1S/C17H19NO2/c1-12-4-2-5-13(8-12)9-14-6-3-7-15(10-14)16(18)11-17(19)20/h2-8,10,16H,9,11,18H2,1H3,(H,19,20). The number of carboxylic acids is 1. The van der Waals surface area contributed by atoms with E-state index in [1.54, 1.807) is 0 Å². The number of hydrogen-bond acceptors (Lipinski definition) is 2. The number of aryl methyl sites for hydroxylation is 1. The van der Waals surface area contributed by atoms with Crippen molar-refractivity contribution >= 4 is 5.97 Å². The Balaban J connectivity index is 2.15. The first-order valence-corrected chi connectivity index (χ1v) is 6.66. The molecule has 0 fully saturated rings. The minimum absolute atomic E-state index is 0.0477. The van der Waals surface area contributed by atoms with Gasteiger partial charge in [-0.15, -0.1) is 0 Å². The number of rotatable bonds is 5. The lowest BCUT2D eigenvalue weighted by atomic mass is 9.98. The molecule has 104 valence electrons. The Morgan fingerprint density at radius 3 is 2.45 bits per heavy atom. The number of nitrogens with two attached hydrogens (primary N) is 1. The first kappa shape index (κ1) is 14.3. The average Bonchev–Trinajstić information content (AvgIpc) is 2.38. The van der Waals surface area contributed by atoms with Crippen LogP contribution in [0.2, 0.25) is 0 Å². The summed E-state index contributed by atoms with van der Waals surface area (Å²) in [5.74, 6) is -0.874. The Morgan fingerprint density at radius 1 is 1.15 bits per heavy atom. The van der Waals surface area contributed by atoms with Gasteiger partial charge in [-0.1, -0.05) is 54.1 Å². The normalized spacial score (nSPS) is 12.1. The molecule has 0 heterocycles. The fraction of sp³-hybridized carbons (Fsp3) is 0.235. The van der Waals surface area contributed by atoms with Crippen LogP contribution in [0.25, 0.3) is 0 Å². The molecule has 0 spiro atoms. The summed E-state index contributed by atoms with van der Waals surface area (Å²) in [5, 5.41) is 8.80. The van der Waals surface area contributed by atoms with Gasteiger partial charge in [-0.25, -0.2) is 0 Å². The number of aliphatic carboxylic acids is 1. The number of hydrogen-bond donors (Lipinski definition) is 2. The van der Waals surface area contributed by atoms with Crippen LogP contribution in [0.4, 0.5) is 0 Å². The maximum Gasteiger partial charge on any atom is 0.305 e. The number of benzene rings is 2. The van der Waals surface area contributed by atoms with Crippen LogP contribution in [0, 0.1) is 6.92 Å². The SMILES string of the molecule is Cc1cccc(Cc2cccc(C(N)CC(=O)O)c2)c1. The van der Waals surface area contributed by atoms with E-state index in [1.165, 1.54) is 11.1 Å². The molecule has 3 N–H and O–H groups in total. The van der Waals surface area contributed by atoms with E-state index in [2.05, 4.69) is 25.1 Å². The van der Waals surface area contributed by atoms with E-state index in [4.69, 9.17) is 10.8 Å². The van der Waals surface area contributed by atoms with Gasteiger partial charge in [-0.05, 0) is 30.0 Å². The van der Waals surface area contributed by atoms with Crippen LogP contribution in [0.3, 0.4) is 0 Å². The van der Waals surface area contributed by atoms with Gasteiger partial charge >= 0.3 is 5.97 Å². The summed E-state index contributed by atoms with van der Waals surface area (Å²) < 4.78 is 0. The fourth-order valence-corrected chi connectivity index (χ4v) is 2.30. The van der Waals surface area contributed by atoms with Crippen LogP contribution in [0.1, 0.15) is 34.7 Å². The van der Waals surface area contributed by atoms with Crippen molar-refractivity contribution in [2.24, 2.45) is 5.73 Å². The predicted molar refractivity (Wildman–Crippen MR) is 79.6 cm³/mol. The molecule has 0 amide bonds. The van der Waals surface area contributed by atoms with Gasteiger partial charge in [-0.3, -0.25) is 4.79 Å². The van der Waals surface area contributed by atoms with E-state index in [1.807, 2.05) is 30.3 Å². The molecule has 20 heavy (non-hydrogen) atoms. The van der Waals surface area contributed by atoms with Crippen molar-refractivity contribution in [3.63, 3.8) is 0 Å². The highest BCUT2D eigenvalue weighted by Crippen LogP contribution is 2.18. The molecular formula is C17H19NO2. The highest BCUT2D eigenvalue weighted by Gasteiger charge is 2.10. The van der Waals surface area contributed by atoms with E-state index in [0.717, 1.165) is 17.5 Å². The van der Waals surface area contributed by atoms with Gasteiger partial charge in [0.25, 0.3) is 0 Å².